The number of rotatable bonds is 6. The van der Waals surface area contributed by atoms with Crippen LogP contribution < -0.4 is 10.6 Å². The normalized spacial score (nSPS) is 10.7. The molecule has 0 saturated heterocycles. The molecule has 3 heterocycles. The summed E-state index contributed by atoms with van der Waals surface area (Å²) in [5.74, 6) is 0.600. The fourth-order valence-electron chi connectivity index (χ4n) is 2.96. The van der Waals surface area contributed by atoms with E-state index in [1.807, 2.05) is 37.4 Å². The van der Waals surface area contributed by atoms with Gasteiger partial charge in [0.15, 0.2) is 10.8 Å². The largest absolute Gasteiger partial charge is 0.619 e. The molecule has 3 aromatic heterocycles. The topological polar surface area (TPSA) is 107 Å². The smallest absolute Gasteiger partial charge is 0.215 e. The van der Waals surface area contributed by atoms with Crippen LogP contribution in [0.2, 0.25) is 0 Å². The molecule has 0 spiro atoms. The Morgan fingerprint density at radius 1 is 1.16 bits per heavy atom. The standard InChI is InChI=1S/C21H20N8OS/c1-3-22-21(31)27-19-9-8-17-20(26-19)25-18(11-23-17)15-10-24-29(13-15)12-14-4-6-16(7-5-14)28(2)30/h4-11,13H,2-3,12H2,1H3,(H2,22,25,26,27,31). The zero-order valence-electron chi connectivity index (χ0n) is 16.8. The number of nitrogens with one attached hydrogen (secondary N) is 2. The van der Waals surface area contributed by atoms with Gasteiger partial charge in [-0.1, -0.05) is 12.1 Å². The molecule has 0 radical (unpaired) electrons. The van der Waals surface area contributed by atoms with Gasteiger partial charge in [-0.25, -0.2) is 9.97 Å². The molecule has 10 heteroatoms. The molecule has 1 aromatic carbocycles. The van der Waals surface area contributed by atoms with Gasteiger partial charge in [0.25, 0.3) is 0 Å². The van der Waals surface area contributed by atoms with Gasteiger partial charge in [0.1, 0.15) is 18.1 Å². The zero-order chi connectivity index (χ0) is 21.8. The first-order chi connectivity index (χ1) is 15.0. The second-order valence-electron chi connectivity index (χ2n) is 6.75. The zero-order valence-corrected chi connectivity index (χ0v) is 17.6. The molecule has 2 N–H and O–H groups in total. The molecule has 0 aliphatic rings. The summed E-state index contributed by atoms with van der Waals surface area (Å²) in [4.78, 5) is 13.6. The van der Waals surface area contributed by atoms with Crippen molar-refractivity contribution in [3.63, 3.8) is 0 Å². The first-order valence-corrected chi connectivity index (χ1v) is 10.0. The number of fused-ring (bicyclic) bond motifs is 1. The summed E-state index contributed by atoms with van der Waals surface area (Å²) < 4.78 is 2.38. The number of hydrogen-bond donors (Lipinski definition) is 2. The molecule has 0 atom stereocenters. The Morgan fingerprint density at radius 2 is 1.97 bits per heavy atom. The van der Waals surface area contributed by atoms with Crippen LogP contribution in [0, 0.1) is 5.21 Å². The Bertz CT molecular complexity index is 1250. The molecule has 9 nitrogen and oxygen atoms in total. The minimum absolute atomic E-state index is 0.504. The van der Waals surface area contributed by atoms with E-state index in [1.165, 1.54) is 0 Å². The first kappa shape index (κ1) is 20.4. The lowest BCUT2D eigenvalue weighted by Gasteiger charge is -2.08. The van der Waals surface area contributed by atoms with Gasteiger partial charge < -0.3 is 15.8 Å². The summed E-state index contributed by atoms with van der Waals surface area (Å²) in [5, 5.41) is 22.2. The Labute approximate surface area is 184 Å². The second-order valence-corrected chi connectivity index (χ2v) is 7.16. The van der Waals surface area contributed by atoms with Crippen molar-refractivity contribution < 1.29 is 4.74 Å². The second kappa shape index (κ2) is 8.84. The van der Waals surface area contributed by atoms with Gasteiger partial charge >= 0.3 is 0 Å². The fourth-order valence-corrected chi connectivity index (χ4v) is 3.21. The first-order valence-electron chi connectivity index (χ1n) is 9.60. The van der Waals surface area contributed by atoms with Crippen molar-refractivity contribution in [3.05, 3.63) is 65.8 Å². The molecule has 4 aromatic rings. The van der Waals surface area contributed by atoms with Gasteiger partial charge in [-0.05, 0) is 36.8 Å². The predicted molar refractivity (Wildman–Crippen MR) is 124 cm³/mol. The summed E-state index contributed by atoms with van der Waals surface area (Å²) in [6.45, 7) is 6.59. The van der Waals surface area contributed by atoms with Gasteiger partial charge in [0.05, 0.1) is 24.6 Å². The summed E-state index contributed by atoms with van der Waals surface area (Å²) in [5.41, 5.74) is 4.22. The van der Waals surface area contributed by atoms with Crippen molar-refractivity contribution in [3.8, 4) is 11.3 Å². The Kier molecular flexibility index (Phi) is 5.80. The van der Waals surface area contributed by atoms with E-state index in [2.05, 4.69) is 37.4 Å². The SMILES string of the molecule is C=[N+]([O-])c1ccc(Cn2cc(-c3cnc4ccc(NC(=S)NCC)nc4n3)cn2)cc1. The van der Waals surface area contributed by atoms with Gasteiger partial charge in [-0.2, -0.15) is 9.84 Å². The minimum atomic E-state index is 0.504. The molecule has 0 unspecified atom stereocenters. The van der Waals surface area contributed by atoms with E-state index in [0.717, 1.165) is 17.7 Å². The highest BCUT2D eigenvalue weighted by molar-refractivity contribution is 7.80. The van der Waals surface area contributed by atoms with Gasteiger partial charge in [0, 0.05) is 30.4 Å². The van der Waals surface area contributed by atoms with Crippen molar-refractivity contribution >= 4 is 46.7 Å². The molecular formula is C21H20N8OS. The molecule has 0 bridgehead atoms. The molecule has 156 valence electrons. The van der Waals surface area contributed by atoms with Crippen molar-refractivity contribution in [1.29, 1.82) is 0 Å². The monoisotopic (exact) mass is 432 g/mol. The Balaban J connectivity index is 1.53. The third-order valence-corrected chi connectivity index (χ3v) is 4.73. The lowest BCUT2D eigenvalue weighted by Crippen LogP contribution is -2.28. The van der Waals surface area contributed by atoms with Gasteiger partial charge in [-0.3, -0.25) is 9.67 Å². The lowest BCUT2D eigenvalue weighted by molar-refractivity contribution is -0.349. The highest BCUT2D eigenvalue weighted by atomic mass is 32.1. The van der Waals surface area contributed by atoms with Gasteiger partial charge in [-0.15, -0.1) is 0 Å². The van der Waals surface area contributed by atoms with Crippen LogP contribution in [0.5, 0.6) is 0 Å². The van der Waals surface area contributed by atoms with E-state index < -0.39 is 0 Å². The maximum Gasteiger partial charge on any atom is 0.215 e. The molecular weight excluding hydrogens is 412 g/mol. The number of hydrogen-bond acceptors (Lipinski definition) is 6. The average Bonchev–Trinajstić information content (AvgIpc) is 3.22. The van der Waals surface area contributed by atoms with E-state index in [0.29, 0.717) is 44.8 Å². The summed E-state index contributed by atoms with van der Waals surface area (Å²) in [7, 11) is 0. The van der Waals surface area contributed by atoms with Crippen LogP contribution in [0.15, 0.2) is 55.0 Å². The Hall–Kier alpha value is -3.92. The van der Waals surface area contributed by atoms with Crippen molar-refractivity contribution in [2.45, 2.75) is 13.5 Å². The van der Waals surface area contributed by atoms with Crippen molar-refractivity contribution in [2.24, 2.45) is 0 Å². The third-order valence-electron chi connectivity index (χ3n) is 4.48. The number of nitrogens with zero attached hydrogens (tertiary/aromatic N) is 6. The van der Waals surface area contributed by atoms with Crippen molar-refractivity contribution in [1.82, 2.24) is 30.0 Å². The van der Waals surface area contributed by atoms with Crippen LogP contribution in [0.4, 0.5) is 11.5 Å². The molecule has 0 amide bonds. The molecule has 31 heavy (non-hydrogen) atoms. The van der Waals surface area contributed by atoms with Crippen molar-refractivity contribution in [2.75, 3.05) is 11.9 Å². The summed E-state index contributed by atoms with van der Waals surface area (Å²) in [6.07, 6.45) is 5.34. The molecule has 4 rings (SSSR count). The van der Waals surface area contributed by atoms with Crippen LogP contribution in [-0.4, -0.2) is 47.8 Å². The Morgan fingerprint density at radius 3 is 2.71 bits per heavy atom. The number of pyridine rings is 1. The van der Waals surface area contributed by atoms with E-state index in [9.17, 15) is 5.21 Å². The highest BCUT2D eigenvalue weighted by Crippen LogP contribution is 2.20. The predicted octanol–water partition coefficient (Wildman–Crippen LogP) is 3.09. The molecule has 0 fully saturated rings. The number of anilines is 1. The van der Waals surface area contributed by atoms with Crippen LogP contribution in [0.1, 0.15) is 12.5 Å². The van der Waals surface area contributed by atoms with Crippen LogP contribution in [0.25, 0.3) is 22.4 Å². The summed E-state index contributed by atoms with van der Waals surface area (Å²) in [6, 6.07) is 10.9. The summed E-state index contributed by atoms with van der Waals surface area (Å²) >= 11 is 5.21. The number of thiocarbonyl (C=S) groups is 1. The van der Waals surface area contributed by atoms with E-state index >= 15 is 0 Å². The van der Waals surface area contributed by atoms with Crippen LogP contribution in [-0.2, 0) is 6.54 Å². The molecule has 0 aliphatic heterocycles. The van der Waals surface area contributed by atoms with Crippen LogP contribution >= 0.6 is 12.2 Å². The van der Waals surface area contributed by atoms with E-state index in [1.54, 1.807) is 29.2 Å². The van der Waals surface area contributed by atoms with Crippen LogP contribution in [0.3, 0.4) is 0 Å². The van der Waals surface area contributed by atoms with E-state index in [4.69, 9.17) is 12.2 Å². The van der Waals surface area contributed by atoms with Gasteiger partial charge in [0.2, 0.25) is 5.69 Å². The molecule has 0 saturated carbocycles. The maximum absolute atomic E-state index is 11.2. The molecule has 0 aliphatic carbocycles. The number of aromatic nitrogens is 5. The third kappa shape index (κ3) is 4.81. The fraction of sp³-hybridized carbons (Fsp3) is 0.143. The highest BCUT2D eigenvalue weighted by Gasteiger charge is 2.09. The maximum atomic E-state index is 11.2. The lowest BCUT2D eigenvalue weighted by atomic mass is 10.2. The minimum Gasteiger partial charge on any atom is -0.619 e. The quantitative estimate of drug-likeness (QED) is 0.157. The number of benzene rings is 1. The average molecular weight is 433 g/mol. The van der Waals surface area contributed by atoms with E-state index in [-0.39, 0.29) is 0 Å².